The Morgan fingerprint density at radius 1 is 1.25 bits per heavy atom. The zero-order valence-corrected chi connectivity index (χ0v) is 14.0. The van der Waals surface area contributed by atoms with Crippen molar-refractivity contribution in [2.45, 2.75) is 13.8 Å². The third kappa shape index (κ3) is 4.28. The van der Waals surface area contributed by atoms with Gasteiger partial charge in [0, 0.05) is 16.9 Å². The highest BCUT2D eigenvalue weighted by Crippen LogP contribution is 2.24. The fourth-order valence-electron chi connectivity index (χ4n) is 1.93. The van der Waals surface area contributed by atoms with Gasteiger partial charge in [-0.15, -0.1) is 0 Å². The van der Waals surface area contributed by atoms with Crippen LogP contribution in [0.3, 0.4) is 0 Å². The predicted molar refractivity (Wildman–Crippen MR) is 95.0 cm³/mol. The lowest BCUT2D eigenvalue weighted by Crippen LogP contribution is -2.14. The van der Waals surface area contributed by atoms with E-state index in [4.69, 9.17) is 16.9 Å². The minimum atomic E-state index is -0.572. The van der Waals surface area contributed by atoms with E-state index in [2.05, 4.69) is 10.6 Å². The second-order valence-corrected chi connectivity index (χ2v) is 5.66. The highest BCUT2D eigenvalue weighted by atomic mass is 35.5. The SMILES string of the molecule is Cc1ccc(O)c(N/C=C(/C#N)C(=O)Nc2ccc(C)c(Cl)c2)c1. The van der Waals surface area contributed by atoms with Crippen molar-refractivity contribution < 1.29 is 9.90 Å². The Labute approximate surface area is 145 Å². The third-order valence-electron chi connectivity index (χ3n) is 3.32. The van der Waals surface area contributed by atoms with Crippen molar-refractivity contribution in [1.82, 2.24) is 0 Å². The van der Waals surface area contributed by atoms with E-state index in [-0.39, 0.29) is 11.3 Å². The molecule has 0 spiro atoms. The number of halogens is 1. The standard InChI is InChI=1S/C18H16ClN3O2/c1-11-3-6-17(23)16(7-11)21-10-13(9-20)18(24)22-14-5-4-12(2)15(19)8-14/h3-8,10,21,23H,1-2H3,(H,22,24)/b13-10-. The highest BCUT2D eigenvalue weighted by Gasteiger charge is 2.10. The van der Waals surface area contributed by atoms with Gasteiger partial charge in [0.25, 0.3) is 5.91 Å². The molecule has 24 heavy (non-hydrogen) atoms. The Balaban J connectivity index is 2.15. The van der Waals surface area contributed by atoms with Crippen LogP contribution >= 0.6 is 11.6 Å². The van der Waals surface area contributed by atoms with Gasteiger partial charge in [0.1, 0.15) is 17.4 Å². The van der Waals surface area contributed by atoms with Gasteiger partial charge in [0.2, 0.25) is 0 Å². The molecule has 0 aliphatic carbocycles. The van der Waals surface area contributed by atoms with Crippen LogP contribution in [0.1, 0.15) is 11.1 Å². The first-order valence-electron chi connectivity index (χ1n) is 7.14. The van der Waals surface area contributed by atoms with E-state index in [1.807, 2.05) is 19.9 Å². The second-order valence-electron chi connectivity index (χ2n) is 5.25. The summed E-state index contributed by atoms with van der Waals surface area (Å²) in [7, 11) is 0. The summed E-state index contributed by atoms with van der Waals surface area (Å²) in [6.07, 6.45) is 1.25. The van der Waals surface area contributed by atoms with Gasteiger partial charge in [-0.3, -0.25) is 4.79 Å². The number of nitrogens with zero attached hydrogens (tertiary/aromatic N) is 1. The molecule has 2 rings (SSSR count). The maximum atomic E-state index is 12.2. The van der Waals surface area contributed by atoms with Gasteiger partial charge in [0.05, 0.1) is 5.69 Å². The maximum absolute atomic E-state index is 12.2. The smallest absolute Gasteiger partial charge is 0.267 e. The molecule has 0 saturated carbocycles. The van der Waals surface area contributed by atoms with Crippen LogP contribution in [0.5, 0.6) is 5.75 Å². The molecule has 0 heterocycles. The van der Waals surface area contributed by atoms with Crippen molar-refractivity contribution in [3.05, 3.63) is 64.3 Å². The van der Waals surface area contributed by atoms with E-state index < -0.39 is 5.91 Å². The van der Waals surface area contributed by atoms with E-state index in [1.54, 1.807) is 30.3 Å². The first-order valence-corrected chi connectivity index (χ1v) is 7.52. The van der Waals surface area contributed by atoms with Crippen molar-refractivity contribution in [2.75, 3.05) is 10.6 Å². The number of hydrogen-bond donors (Lipinski definition) is 3. The summed E-state index contributed by atoms with van der Waals surface area (Å²) in [5.74, 6) is -0.545. The largest absolute Gasteiger partial charge is 0.506 e. The van der Waals surface area contributed by atoms with Gasteiger partial charge < -0.3 is 15.7 Å². The number of aromatic hydroxyl groups is 1. The Bertz CT molecular complexity index is 854. The van der Waals surface area contributed by atoms with Crippen LogP contribution in [-0.2, 0) is 4.79 Å². The number of phenolic OH excluding ortho intramolecular Hbond substituents is 1. The molecule has 0 saturated heterocycles. The van der Waals surface area contributed by atoms with Crippen molar-refractivity contribution in [3.63, 3.8) is 0 Å². The number of aryl methyl sites for hydroxylation is 2. The van der Waals surface area contributed by atoms with Crippen molar-refractivity contribution in [2.24, 2.45) is 0 Å². The number of carbonyl (C=O) groups is 1. The van der Waals surface area contributed by atoms with Gasteiger partial charge in [0.15, 0.2) is 0 Å². The van der Waals surface area contributed by atoms with E-state index in [0.29, 0.717) is 16.4 Å². The number of anilines is 2. The normalized spacial score (nSPS) is 10.8. The first kappa shape index (κ1) is 17.4. The molecule has 122 valence electrons. The quantitative estimate of drug-likeness (QED) is 0.443. The van der Waals surface area contributed by atoms with Crippen LogP contribution in [0.15, 0.2) is 48.2 Å². The summed E-state index contributed by atoms with van der Waals surface area (Å²) >= 11 is 6.01. The first-order chi connectivity index (χ1) is 11.4. The van der Waals surface area contributed by atoms with E-state index >= 15 is 0 Å². The molecule has 0 bridgehead atoms. The number of phenols is 1. The molecule has 0 aliphatic heterocycles. The Morgan fingerprint density at radius 3 is 2.67 bits per heavy atom. The van der Waals surface area contributed by atoms with E-state index in [0.717, 1.165) is 11.1 Å². The molecule has 6 heteroatoms. The molecule has 0 radical (unpaired) electrons. The zero-order chi connectivity index (χ0) is 17.7. The fourth-order valence-corrected chi connectivity index (χ4v) is 2.11. The van der Waals surface area contributed by atoms with E-state index in [9.17, 15) is 9.90 Å². The number of benzene rings is 2. The van der Waals surface area contributed by atoms with Crippen LogP contribution in [0, 0.1) is 25.2 Å². The summed E-state index contributed by atoms with van der Waals surface area (Å²) < 4.78 is 0. The minimum Gasteiger partial charge on any atom is -0.506 e. The number of rotatable bonds is 4. The second kappa shape index (κ2) is 7.53. The van der Waals surface area contributed by atoms with Crippen molar-refractivity contribution >= 4 is 28.9 Å². The van der Waals surface area contributed by atoms with Crippen molar-refractivity contribution in [1.29, 1.82) is 5.26 Å². The number of carbonyl (C=O) groups excluding carboxylic acids is 1. The molecule has 0 atom stereocenters. The predicted octanol–water partition coefficient (Wildman–Crippen LogP) is 4.12. The van der Waals surface area contributed by atoms with E-state index in [1.165, 1.54) is 12.3 Å². The summed E-state index contributed by atoms with van der Waals surface area (Å²) in [5, 5.41) is 24.8. The third-order valence-corrected chi connectivity index (χ3v) is 3.73. The van der Waals surface area contributed by atoms with Gasteiger partial charge >= 0.3 is 0 Å². The molecular weight excluding hydrogens is 326 g/mol. The molecule has 0 aliphatic rings. The van der Waals surface area contributed by atoms with Crippen LogP contribution < -0.4 is 10.6 Å². The monoisotopic (exact) mass is 341 g/mol. The summed E-state index contributed by atoms with van der Waals surface area (Å²) in [6, 6.07) is 11.9. The van der Waals surface area contributed by atoms with Crippen LogP contribution in [-0.4, -0.2) is 11.0 Å². The van der Waals surface area contributed by atoms with Gasteiger partial charge in [-0.25, -0.2) is 0 Å². The topological polar surface area (TPSA) is 85.2 Å². The summed E-state index contributed by atoms with van der Waals surface area (Å²) in [5.41, 5.74) is 2.60. The molecule has 0 fully saturated rings. The molecule has 0 unspecified atom stereocenters. The lowest BCUT2D eigenvalue weighted by atomic mass is 10.2. The molecule has 2 aromatic rings. The molecule has 2 aromatic carbocycles. The number of nitriles is 1. The van der Waals surface area contributed by atoms with Crippen LogP contribution in [0.4, 0.5) is 11.4 Å². The molecule has 0 aromatic heterocycles. The maximum Gasteiger partial charge on any atom is 0.267 e. The van der Waals surface area contributed by atoms with Gasteiger partial charge in [-0.1, -0.05) is 23.7 Å². The molecule has 3 N–H and O–H groups in total. The summed E-state index contributed by atoms with van der Waals surface area (Å²) in [4.78, 5) is 12.2. The molecule has 1 amide bonds. The van der Waals surface area contributed by atoms with Crippen LogP contribution in [0.25, 0.3) is 0 Å². The van der Waals surface area contributed by atoms with Crippen LogP contribution in [0.2, 0.25) is 5.02 Å². The lowest BCUT2D eigenvalue weighted by molar-refractivity contribution is -0.112. The fraction of sp³-hybridized carbons (Fsp3) is 0.111. The average Bonchev–Trinajstić information content (AvgIpc) is 2.54. The van der Waals surface area contributed by atoms with Crippen molar-refractivity contribution in [3.8, 4) is 11.8 Å². The Hall–Kier alpha value is -2.97. The minimum absolute atomic E-state index is 0.0277. The molecular formula is C18H16ClN3O2. The molecule has 5 nitrogen and oxygen atoms in total. The van der Waals surface area contributed by atoms with Gasteiger partial charge in [-0.2, -0.15) is 5.26 Å². The lowest BCUT2D eigenvalue weighted by Gasteiger charge is -2.08. The highest BCUT2D eigenvalue weighted by molar-refractivity contribution is 6.31. The number of amides is 1. The number of nitrogens with one attached hydrogen (secondary N) is 2. The summed E-state index contributed by atoms with van der Waals surface area (Å²) in [6.45, 7) is 3.72. The average molecular weight is 342 g/mol. The Morgan fingerprint density at radius 2 is 2.00 bits per heavy atom. The Kier molecular flexibility index (Phi) is 5.46. The van der Waals surface area contributed by atoms with Gasteiger partial charge in [-0.05, 0) is 49.2 Å². The zero-order valence-electron chi connectivity index (χ0n) is 13.2. The number of hydrogen-bond acceptors (Lipinski definition) is 4.